The number of nitrogens with zero attached hydrogens (tertiary/aromatic N) is 1. The van der Waals surface area contributed by atoms with Gasteiger partial charge in [0.1, 0.15) is 5.75 Å². The third-order valence-electron chi connectivity index (χ3n) is 3.97. The standard InChI is InChI=1S/C15H20ClF2NO3S/c1-9(2)10(3)19(11-4-5-11)23(20,21)12-6-7-14(13(16)8-12)22-15(17)18/h6-11,15H,4-5H2,1-3H3/t10-/m1/s1. The number of rotatable bonds is 7. The number of ether oxygens (including phenoxy) is 1. The molecule has 23 heavy (non-hydrogen) atoms. The van der Waals surface area contributed by atoms with Crippen molar-refractivity contribution in [3.63, 3.8) is 0 Å². The summed E-state index contributed by atoms with van der Waals surface area (Å²) in [7, 11) is -3.74. The zero-order chi connectivity index (χ0) is 17.4. The van der Waals surface area contributed by atoms with E-state index in [4.69, 9.17) is 11.6 Å². The largest absolute Gasteiger partial charge is 0.433 e. The fourth-order valence-electron chi connectivity index (χ4n) is 2.33. The second-order valence-corrected chi connectivity index (χ2v) is 8.27. The molecule has 1 aromatic carbocycles. The Morgan fingerprint density at radius 2 is 1.87 bits per heavy atom. The van der Waals surface area contributed by atoms with Crippen LogP contribution in [-0.2, 0) is 10.0 Å². The van der Waals surface area contributed by atoms with Crippen molar-refractivity contribution in [2.24, 2.45) is 5.92 Å². The zero-order valence-electron chi connectivity index (χ0n) is 13.2. The monoisotopic (exact) mass is 367 g/mol. The second kappa shape index (κ2) is 6.91. The Morgan fingerprint density at radius 3 is 2.30 bits per heavy atom. The van der Waals surface area contributed by atoms with E-state index in [1.807, 2.05) is 20.8 Å². The van der Waals surface area contributed by atoms with Crippen molar-refractivity contribution in [3.05, 3.63) is 23.2 Å². The molecule has 0 aromatic heterocycles. The van der Waals surface area contributed by atoms with Crippen LogP contribution in [0.15, 0.2) is 23.1 Å². The first-order valence-corrected chi connectivity index (χ1v) is 9.24. The molecule has 0 N–H and O–H groups in total. The highest BCUT2D eigenvalue weighted by atomic mass is 35.5. The number of hydrogen-bond donors (Lipinski definition) is 0. The third-order valence-corrected chi connectivity index (χ3v) is 6.30. The summed E-state index contributed by atoms with van der Waals surface area (Å²) in [5.74, 6) is -0.0854. The van der Waals surface area contributed by atoms with Crippen LogP contribution in [0.4, 0.5) is 8.78 Å². The molecule has 1 aliphatic carbocycles. The molecule has 1 aromatic rings. The van der Waals surface area contributed by atoms with Crippen LogP contribution in [0.25, 0.3) is 0 Å². The van der Waals surface area contributed by atoms with Gasteiger partial charge in [0, 0.05) is 12.1 Å². The maximum Gasteiger partial charge on any atom is 0.387 e. The van der Waals surface area contributed by atoms with E-state index in [9.17, 15) is 17.2 Å². The number of alkyl halides is 2. The van der Waals surface area contributed by atoms with Gasteiger partial charge >= 0.3 is 6.61 Å². The Hall–Kier alpha value is -0.920. The molecule has 2 rings (SSSR count). The van der Waals surface area contributed by atoms with Gasteiger partial charge in [0.05, 0.1) is 9.92 Å². The van der Waals surface area contributed by atoms with E-state index < -0.39 is 16.6 Å². The fourth-order valence-corrected chi connectivity index (χ4v) is 4.65. The van der Waals surface area contributed by atoms with Gasteiger partial charge in [0.25, 0.3) is 0 Å². The molecule has 0 amide bonds. The summed E-state index contributed by atoms with van der Waals surface area (Å²) < 4.78 is 56.1. The average Bonchev–Trinajstić information content (AvgIpc) is 3.24. The predicted molar refractivity (Wildman–Crippen MR) is 84.4 cm³/mol. The third kappa shape index (κ3) is 4.14. The SMILES string of the molecule is CC(C)[C@@H](C)N(C1CC1)S(=O)(=O)c1ccc(OC(F)F)c(Cl)c1. The summed E-state index contributed by atoms with van der Waals surface area (Å²) in [4.78, 5) is -0.0106. The smallest absolute Gasteiger partial charge is 0.387 e. The van der Waals surface area contributed by atoms with Gasteiger partial charge in [-0.3, -0.25) is 0 Å². The van der Waals surface area contributed by atoms with Crippen LogP contribution in [0.2, 0.25) is 5.02 Å². The van der Waals surface area contributed by atoms with E-state index in [1.165, 1.54) is 10.4 Å². The van der Waals surface area contributed by atoms with Crippen molar-refractivity contribution < 1.29 is 21.9 Å². The highest BCUT2D eigenvalue weighted by Crippen LogP contribution is 2.37. The second-order valence-electron chi connectivity index (χ2n) is 6.02. The summed E-state index contributed by atoms with van der Waals surface area (Å²) in [5, 5.41) is -0.153. The van der Waals surface area contributed by atoms with Gasteiger partial charge in [-0.15, -0.1) is 0 Å². The van der Waals surface area contributed by atoms with Crippen LogP contribution in [-0.4, -0.2) is 31.4 Å². The molecular formula is C15H20ClF2NO3S. The molecule has 130 valence electrons. The van der Waals surface area contributed by atoms with Crippen molar-refractivity contribution in [1.29, 1.82) is 0 Å². The minimum Gasteiger partial charge on any atom is -0.433 e. The van der Waals surface area contributed by atoms with Crippen LogP contribution in [0.5, 0.6) is 5.75 Å². The van der Waals surface area contributed by atoms with Gasteiger partial charge in [0.15, 0.2) is 0 Å². The van der Waals surface area contributed by atoms with E-state index in [0.29, 0.717) is 0 Å². The normalized spacial score (nSPS) is 17.1. The van der Waals surface area contributed by atoms with Gasteiger partial charge in [-0.05, 0) is 43.9 Å². The van der Waals surface area contributed by atoms with Crippen molar-refractivity contribution in [1.82, 2.24) is 4.31 Å². The summed E-state index contributed by atoms with van der Waals surface area (Å²) in [6.45, 7) is 2.78. The molecule has 8 heteroatoms. The molecular weight excluding hydrogens is 348 g/mol. The summed E-state index contributed by atoms with van der Waals surface area (Å²) in [5.41, 5.74) is 0. The molecule has 1 saturated carbocycles. The van der Waals surface area contributed by atoms with E-state index in [1.54, 1.807) is 0 Å². The van der Waals surface area contributed by atoms with Crippen LogP contribution in [0.3, 0.4) is 0 Å². The number of benzene rings is 1. The Bertz CT molecular complexity index is 663. The van der Waals surface area contributed by atoms with Crippen LogP contribution >= 0.6 is 11.6 Å². The number of sulfonamides is 1. The van der Waals surface area contributed by atoms with E-state index >= 15 is 0 Å². The Labute approximate surface area is 140 Å². The summed E-state index contributed by atoms with van der Waals surface area (Å²) in [6, 6.07) is 3.40. The van der Waals surface area contributed by atoms with Crippen molar-refractivity contribution in [3.8, 4) is 5.75 Å². The van der Waals surface area contributed by atoms with Crippen LogP contribution in [0.1, 0.15) is 33.6 Å². The molecule has 0 heterocycles. The highest BCUT2D eigenvalue weighted by Gasteiger charge is 2.42. The van der Waals surface area contributed by atoms with Crippen LogP contribution < -0.4 is 4.74 Å². The minimum atomic E-state index is -3.74. The average molecular weight is 368 g/mol. The number of hydrogen-bond acceptors (Lipinski definition) is 3. The molecule has 4 nitrogen and oxygen atoms in total. The lowest BCUT2D eigenvalue weighted by molar-refractivity contribution is -0.0498. The lowest BCUT2D eigenvalue weighted by Gasteiger charge is -2.31. The maximum absolute atomic E-state index is 12.9. The lowest BCUT2D eigenvalue weighted by Crippen LogP contribution is -2.42. The predicted octanol–water partition coefficient (Wildman–Crippen LogP) is 4.14. The first-order chi connectivity index (χ1) is 10.6. The van der Waals surface area contributed by atoms with E-state index in [2.05, 4.69) is 4.74 Å². The van der Waals surface area contributed by atoms with Crippen molar-refractivity contribution >= 4 is 21.6 Å². The van der Waals surface area contributed by atoms with E-state index in [0.717, 1.165) is 25.0 Å². The highest BCUT2D eigenvalue weighted by molar-refractivity contribution is 7.89. The molecule has 0 radical (unpaired) electrons. The Kier molecular flexibility index (Phi) is 5.53. The first-order valence-electron chi connectivity index (χ1n) is 7.42. The fraction of sp³-hybridized carbons (Fsp3) is 0.600. The molecule has 0 spiro atoms. The van der Waals surface area contributed by atoms with Gasteiger partial charge < -0.3 is 4.74 Å². The minimum absolute atomic E-state index is 0.00633. The van der Waals surface area contributed by atoms with Gasteiger partial charge in [-0.25, -0.2) is 8.42 Å². The zero-order valence-corrected chi connectivity index (χ0v) is 14.7. The summed E-state index contributed by atoms with van der Waals surface area (Å²) in [6.07, 6.45) is 1.66. The molecule has 1 fully saturated rings. The molecule has 0 saturated heterocycles. The Balaban J connectivity index is 2.36. The molecule has 0 aliphatic heterocycles. The van der Waals surface area contributed by atoms with Gasteiger partial charge in [-0.1, -0.05) is 25.4 Å². The lowest BCUT2D eigenvalue weighted by atomic mass is 10.1. The van der Waals surface area contributed by atoms with Crippen molar-refractivity contribution in [2.45, 2.75) is 57.2 Å². The van der Waals surface area contributed by atoms with Crippen LogP contribution in [0, 0.1) is 5.92 Å². The van der Waals surface area contributed by atoms with Gasteiger partial charge in [0.2, 0.25) is 10.0 Å². The molecule has 0 bridgehead atoms. The van der Waals surface area contributed by atoms with Crippen molar-refractivity contribution in [2.75, 3.05) is 0 Å². The first kappa shape index (κ1) is 18.4. The molecule has 0 unspecified atom stereocenters. The van der Waals surface area contributed by atoms with E-state index in [-0.39, 0.29) is 33.7 Å². The molecule has 1 aliphatic rings. The topological polar surface area (TPSA) is 46.6 Å². The van der Waals surface area contributed by atoms with Gasteiger partial charge in [-0.2, -0.15) is 13.1 Å². The quantitative estimate of drug-likeness (QED) is 0.727. The Morgan fingerprint density at radius 1 is 1.26 bits per heavy atom. The maximum atomic E-state index is 12.9. The summed E-state index contributed by atoms with van der Waals surface area (Å²) >= 11 is 5.88. The molecule has 1 atom stereocenters. The number of halogens is 3.